The summed E-state index contributed by atoms with van der Waals surface area (Å²) < 4.78 is 90.0. The van der Waals surface area contributed by atoms with Crippen molar-refractivity contribution < 1.29 is 30.7 Å². The number of allylic oxidation sites excluding steroid dienone is 2. The molecule has 0 bridgehead atoms. The molecule has 0 amide bonds. The Kier molecular flexibility index (Phi) is 3.65. The van der Waals surface area contributed by atoms with Crippen LogP contribution in [0, 0.1) is 10.8 Å². The summed E-state index contributed by atoms with van der Waals surface area (Å²) in [4.78, 5) is 0. The Labute approximate surface area is 138 Å². The SMILES string of the molecule is [2H]C1([2H])C=CC([2H])([2H])[C@]2(COS(C)(=O)=O)CCCC[C@]12COS(C)(=O)=O. The van der Waals surface area contributed by atoms with E-state index in [9.17, 15) is 16.8 Å². The molecular formula is C14H24O6S2. The molecule has 0 aromatic heterocycles. The maximum absolute atomic E-state index is 11.6. The van der Waals surface area contributed by atoms with Gasteiger partial charge < -0.3 is 0 Å². The first kappa shape index (κ1) is 12.9. The normalized spacial score (nSPS) is 39.9. The smallest absolute Gasteiger partial charge is 0.264 e. The fraction of sp³-hybridized carbons (Fsp3) is 0.857. The molecule has 2 atom stereocenters. The predicted octanol–water partition coefficient (Wildman–Crippen LogP) is 1.84. The van der Waals surface area contributed by atoms with E-state index in [1.165, 1.54) is 0 Å². The molecule has 0 unspecified atom stereocenters. The molecule has 2 rings (SSSR count). The Morgan fingerprint density at radius 3 is 1.59 bits per heavy atom. The molecular weight excluding hydrogens is 328 g/mol. The third kappa shape index (κ3) is 4.10. The van der Waals surface area contributed by atoms with Gasteiger partial charge in [0.1, 0.15) is 0 Å². The quantitative estimate of drug-likeness (QED) is 0.533. The topological polar surface area (TPSA) is 86.7 Å². The van der Waals surface area contributed by atoms with Gasteiger partial charge in [0, 0.05) is 16.3 Å². The first-order chi connectivity index (χ1) is 11.6. The molecule has 0 saturated heterocycles. The van der Waals surface area contributed by atoms with Crippen LogP contribution in [0.15, 0.2) is 12.2 Å². The summed E-state index contributed by atoms with van der Waals surface area (Å²) in [6.07, 6.45) is 1.00. The van der Waals surface area contributed by atoms with Gasteiger partial charge in [-0.05, 0) is 25.6 Å². The van der Waals surface area contributed by atoms with Gasteiger partial charge in [0.2, 0.25) is 0 Å². The van der Waals surface area contributed by atoms with Crippen LogP contribution in [0.4, 0.5) is 0 Å². The Hall–Kier alpha value is -0.440. The highest BCUT2D eigenvalue weighted by atomic mass is 32.2. The van der Waals surface area contributed by atoms with Crippen molar-refractivity contribution in [3.63, 3.8) is 0 Å². The first-order valence-electron chi connectivity index (χ1n) is 8.97. The summed E-state index contributed by atoms with van der Waals surface area (Å²) in [6, 6.07) is 0. The first-order valence-corrected chi connectivity index (χ1v) is 10.6. The van der Waals surface area contributed by atoms with E-state index >= 15 is 0 Å². The van der Waals surface area contributed by atoms with Crippen LogP contribution in [0.3, 0.4) is 0 Å². The van der Waals surface area contributed by atoms with Crippen molar-refractivity contribution in [2.45, 2.75) is 38.4 Å². The highest BCUT2D eigenvalue weighted by Crippen LogP contribution is 2.57. The van der Waals surface area contributed by atoms with Crippen LogP contribution in [0.5, 0.6) is 0 Å². The average Bonchev–Trinajstić information content (AvgIpc) is 2.47. The van der Waals surface area contributed by atoms with Gasteiger partial charge in [-0.1, -0.05) is 25.0 Å². The minimum absolute atomic E-state index is 0.145. The van der Waals surface area contributed by atoms with Gasteiger partial charge in [-0.25, -0.2) is 0 Å². The van der Waals surface area contributed by atoms with Crippen LogP contribution in [-0.4, -0.2) is 42.6 Å². The lowest BCUT2D eigenvalue weighted by Crippen LogP contribution is -2.51. The Bertz CT molecular complexity index is 726. The number of rotatable bonds is 6. The van der Waals surface area contributed by atoms with E-state index in [1.807, 2.05) is 0 Å². The maximum atomic E-state index is 11.6. The molecule has 1 saturated carbocycles. The maximum Gasteiger partial charge on any atom is 0.264 e. The fourth-order valence-corrected chi connectivity index (χ4v) is 3.90. The Balaban J connectivity index is 2.65. The van der Waals surface area contributed by atoms with Crippen molar-refractivity contribution in [3.8, 4) is 0 Å². The lowest BCUT2D eigenvalue weighted by Gasteiger charge is -2.54. The van der Waals surface area contributed by atoms with Gasteiger partial charge in [0.25, 0.3) is 20.2 Å². The summed E-state index contributed by atoms with van der Waals surface area (Å²) in [7, 11) is -7.82. The third-order valence-electron chi connectivity index (χ3n) is 4.21. The zero-order valence-corrected chi connectivity index (χ0v) is 14.3. The minimum atomic E-state index is -3.91. The van der Waals surface area contributed by atoms with Crippen molar-refractivity contribution in [2.24, 2.45) is 10.8 Å². The van der Waals surface area contributed by atoms with Crippen LogP contribution < -0.4 is 0 Å². The van der Waals surface area contributed by atoms with E-state index in [0.717, 1.165) is 24.7 Å². The molecule has 8 heteroatoms. The molecule has 2 aliphatic rings. The minimum Gasteiger partial charge on any atom is -0.270 e. The highest BCUT2D eigenvalue weighted by Gasteiger charge is 2.53. The molecule has 22 heavy (non-hydrogen) atoms. The van der Waals surface area contributed by atoms with Crippen molar-refractivity contribution in [3.05, 3.63) is 12.2 Å². The van der Waals surface area contributed by atoms with Gasteiger partial charge in [-0.15, -0.1) is 0 Å². The molecule has 128 valence electrons. The average molecular weight is 356 g/mol. The zero-order valence-electron chi connectivity index (χ0n) is 16.7. The van der Waals surface area contributed by atoms with Crippen LogP contribution in [-0.2, 0) is 28.6 Å². The van der Waals surface area contributed by atoms with Crippen molar-refractivity contribution in [2.75, 3.05) is 25.7 Å². The van der Waals surface area contributed by atoms with E-state index in [0.29, 0.717) is 12.8 Å². The van der Waals surface area contributed by atoms with E-state index in [-0.39, 0.29) is 12.8 Å². The third-order valence-corrected chi connectivity index (χ3v) is 5.31. The van der Waals surface area contributed by atoms with E-state index in [1.54, 1.807) is 0 Å². The summed E-state index contributed by atoms with van der Waals surface area (Å²) in [5.41, 5.74) is -3.19. The molecule has 6 nitrogen and oxygen atoms in total. The van der Waals surface area contributed by atoms with Crippen LogP contribution in [0.25, 0.3) is 0 Å². The lowest BCUT2D eigenvalue weighted by atomic mass is 9.52. The molecule has 1 fully saturated rings. The van der Waals surface area contributed by atoms with E-state index < -0.39 is 57.0 Å². The highest BCUT2D eigenvalue weighted by molar-refractivity contribution is 7.86. The van der Waals surface area contributed by atoms with Gasteiger partial charge in [-0.2, -0.15) is 16.8 Å². The second kappa shape index (κ2) is 6.22. The molecule has 0 aliphatic heterocycles. The van der Waals surface area contributed by atoms with Crippen LogP contribution >= 0.6 is 0 Å². The monoisotopic (exact) mass is 356 g/mol. The van der Waals surface area contributed by atoms with Crippen molar-refractivity contribution in [1.82, 2.24) is 0 Å². The second-order valence-corrected chi connectivity index (χ2v) is 9.21. The Morgan fingerprint density at radius 1 is 0.909 bits per heavy atom. The molecule has 0 aromatic rings. The predicted molar refractivity (Wildman–Crippen MR) is 83.3 cm³/mol. The summed E-state index contributed by atoms with van der Waals surface area (Å²) in [5.74, 6) is 0. The van der Waals surface area contributed by atoms with Gasteiger partial charge in [0.05, 0.1) is 25.7 Å². The Morgan fingerprint density at radius 2 is 1.27 bits per heavy atom. The van der Waals surface area contributed by atoms with Crippen molar-refractivity contribution in [1.29, 1.82) is 0 Å². The largest absolute Gasteiger partial charge is 0.270 e. The fourth-order valence-electron chi connectivity index (χ4n) is 3.07. The molecule has 0 aromatic carbocycles. The molecule has 0 N–H and O–H groups in total. The summed E-state index contributed by atoms with van der Waals surface area (Å²) in [5, 5.41) is 0. The standard InChI is InChI=1S/C14H24O6S2/c1-21(15,16)19-11-13-7-3-5-9-14(13,10-6-4-8-13)12-20-22(2,17)18/h3,5H,4,6-12H2,1-2H3/t13-,14+/i7D2,9D2. The summed E-state index contributed by atoms with van der Waals surface area (Å²) in [6.45, 7) is -1.17. The number of fused-ring (bicyclic) bond motifs is 1. The van der Waals surface area contributed by atoms with E-state index in [4.69, 9.17) is 13.8 Å². The second-order valence-electron chi connectivity index (χ2n) is 5.93. The lowest BCUT2D eigenvalue weighted by molar-refractivity contribution is -0.0756. The number of hydrogen-bond donors (Lipinski definition) is 0. The van der Waals surface area contributed by atoms with Gasteiger partial charge >= 0.3 is 0 Å². The van der Waals surface area contributed by atoms with Crippen LogP contribution in [0.2, 0.25) is 0 Å². The molecule has 0 heterocycles. The molecule has 2 aliphatic carbocycles. The molecule has 0 spiro atoms. The molecule has 0 radical (unpaired) electrons. The summed E-state index contributed by atoms with van der Waals surface area (Å²) >= 11 is 0. The van der Waals surface area contributed by atoms with E-state index in [2.05, 4.69) is 0 Å². The van der Waals surface area contributed by atoms with Gasteiger partial charge in [0.15, 0.2) is 0 Å². The van der Waals surface area contributed by atoms with Crippen molar-refractivity contribution >= 4 is 20.2 Å². The number of hydrogen-bond acceptors (Lipinski definition) is 6. The van der Waals surface area contributed by atoms with Crippen LogP contribution in [0.1, 0.15) is 43.9 Å². The zero-order chi connectivity index (χ0) is 20.1. The van der Waals surface area contributed by atoms with Gasteiger partial charge in [-0.3, -0.25) is 8.37 Å².